The van der Waals surface area contributed by atoms with E-state index in [1.165, 1.54) is 0 Å². The van der Waals surface area contributed by atoms with Gasteiger partial charge in [-0.15, -0.1) is 6.58 Å². The Bertz CT molecular complexity index is 167. The minimum Gasteiger partial charge on any atom is -0.374 e. The van der Waals surface area contributed by atoms with Crippen LogP contribution in [-0.2, 0) is 4.74 Å². The molecule has 0 amide bonds. The summed E-state index contributed by atoms with van der Waals surface area (Å²) in [5, 5.41) is 0. The van der Waals surface area contributed by atoms with E-state index in [0.717, 1.165) is 32.3 Å². The summed E-state index contributed by atoms with van der Waals surface area (Å²) in [6, 6.07) is 0.199. The van der Waals surface area contributed by atoms with E-state index in [2.05, 4.69) is 25.9 Å². The molecule has 0 radical (unpaired) electrons. The Morgan fingerprint density at radius 1 is 1.40 bits per heavy atom. The van der Waals surface area contributed by atoms with Crippen molar-refractivity contribution in [3.8, 4) is 0 Å². The van der Waals surface area contributed by atoms with Gasteiger partial charge in [0.2, 0.25) is 0 Å². The van der Waals surface area contributed by atoms with E-state index in [0.29, 0.717) is 0 Å². The summed E-state index contributed by atoms with van der Waals surface area (Å²) < 4.78 is 5.90. The molecule has 0 spiro atoms. The van der Waals surface area contributed by atoms with Gasteiger partial charge in [0.05, 0.1) is 11.6 Å². The Morgan fingerprint density at radius 2 is 2.00 bits per heavy atom. The third kappa shape index (κ3) is 3.93. The second-order valence-electron chi connectivity index (χ2n) is 3.79. The van der Waals surface area contributed by atoms with Gasteiger partial charge in [-0.05, 0) is 32.6 Å². The van der Waals surface area contributed by atoms with Gasteiger partial charge in [-0.3, -0.25) is 11.3 Å². The molecule has 15 heavy (non-hydrogen) atoms. The van der Waals surface area contributed by atoms with Crippen LogP contribution in [0.15, 0.2) is 12.7 Å². The average molecular weight is 214 g/mol. The lowest BCUT2D eigenvalue weighted by Crippen LogP contribution is -2.54. The predicted octanol–water partition coefficient (Wildman–Crippen LogP) is 2.38. The van der Waals surface area contributed by atoms with Gasteiger partial charge in [-0.25, -0.2) is 0 Å². The van der Waals surface area contributed by atoms with E-state index in [4.69, 9.17) is 10.6 Å². The van der Waals surface area contributed by atoms with Crippen LogP contribution in [0.5, 0.6) is 0 Å². The molecule has 3 heteroatoms. The van der Waals surface area contributed by atoms with Crippen LogP contribution in [-0.4, -0.2) is 18.2 Å². The maximum Gasteiger partial charge on any atom is 0.0842 e. The van der Waals surface area contributed by atoms with Gasteiger partial charge in [-0.1, -0.05) is 19.9 Å². The van der Waals surface area contributed by atoms with Gasteiger partial charge in [0.1, 0.15) is 0 Å². The lowest BCUT2D eigenvalue weighted by molar-refractivity contribution is -0.0736. The number of rotatable bonds is 9. The van der Waals surface area contributed by atoms with Crippen molar-refractivity contribution in [3.05, 3.63) is 12.7 Å². The van der Waals surface area contributed by atoms with Crippen molar-refractivity contribution in [2.45, 2.75) is 58.1 Å². The standard InChI is InChI=1S/C12H26N2O/c1-5-9-10-11(14-13)12(6-2,7-3)15-8-4/h5,11,14H,1,6-10,13H2,2-4H3. The molecule has 0 aliphatic heterocycles. The number of hydrogen-bond donors (Lipinski definition) is 2. The molecule has 3 nitrogen and oxygen atoms in total. The summed E-state index contributed by atoms with van der Waals surface area (Å²) in [7, 11) is 0. The Labute approximate surface area is 94.0 Å². The highest BCUT2D eigenvalue weighted by Crippen LogP contribution is 2.27. The van der Waals surface area contributed by atoms with Crippen LogP contribution >= 0.6 is 0 Å². The van der Waals surface area contributed by atoms with E-state index >= 15 is 0 Å². The minimum absolute atomic E-state index is 0.132. The van der Waals surface area contributed by atoms with Crippen molar-refractivity contribution in [2.24, 2.45) is 5.84 Å². The summed E-state index contributed by atoms with van der Waals surface area (Å²) in [5.74, 6) is 5.62. The maximum absolute atomic E-state index is 5.90. The van der Waals surface area contributed by atoms with Gasteiger partial charge >= 0.3 is 0 Å². The van der Waals surface area contributed by atoms with Gasteiger partial charge in [0.15, 0.2) is 0 Å². The number of allylic oxidation sites excluding steroid dienone is 1. The molecule has 3 N–H and O–H groups in total. The SMILES string of the molecule is C=CCCC(NN)C(CC)(CC)OCC. The molecule has 0 aliphatic rings. The Balaban J connectivity index is 4.57. The van der Waals surface area contributed by atoms with Gasteiger partial charge in [0, 0.05) is 6.61 Å². The Morgan fingerprint density at radius 3 is 2.33 bits per heavy atom. The second-order valence-corrected chi connectivity index (χ2v) is 3.79. The number of ether oxygens (including phenoxy) is 1. The van der Waals surface area contributed by atoms with E-state index in [9.17, 15) is 0 Å². The topological polar surface area (TPSA) is 47.3 Å². The van der Waals surface area contributed by atoms with Crippen LogP contribution in [0.3, 0.4) is 0 Å². The molecule has 0 aromatic rings. The minimum atomic E-state index is -0.132. The third-order valence-corrected chi connectivity index (χ3v) is 3.12. The highest BCUT2D eigenvalue weighted by atomic mass is 16.5. The predicted molar refractivity (Wildman–Crippen MR) is 65.5 cm³/mol. The molecule has 0 rings (SSSR count). The molecule has 0 saturated carbocycles. The fourth-order valence-electron chi connectivity index (χ4n) is 2.12. The molecule has 1 unspecified atom stereocenters. The molecule has 0 heterocycles. The summed E-state index contributed by atoms with van der Waals surface area (Å²) in [6.45, 7) is 10.8. The fraction of sp³-hybridized carbons (Fsp3) is 0.833. The number of nitrogens with two attached hydrogens (primary N) is 1. The molecule has 0 aromatic heterocycles. The monoisotopic (exact) mass is 214 g/mol. The molecule has 0 bridgehead atoms. The zero-order valence-electron chi connectivity index (χ0n) is 10.4. The number of hydrogen-bond acceptors (Lipinski definition) is 3. The van der Waals surface area contributed by atoms with E-state index in [1.54, 1.807) is 0 Å². The van der Waals surface area contributed by atoms with Gasteiger partial charge < -0.3 is 4.74 Å². The van der Waals surface area contributed by atoms with Crippen molar-refractivity contribution in [1.29, 1.82) is 0 Å². The van der Waals surface area contributed by atoms with Crippen molar-refractivity contribution in [2.75, 3.05) is 6.61 Å². The van der Waals surface area contributed by atoms with Gasteiger partial charge in [-0.2, -0.15) is 0 Å². The smallest absolute Gasteiger partial charge is 0.0842 e. The molecule has 1 atom stereocenters. The molecule has 0 aromatic carbocycles. The lowest BCUT2D eigenvalue weighted by Gasteiger charge is -2.39. The molecule has 0 fully saturated rings. The summed E-state index contributed by atoms with van der Waals surface area (Å²) in [5.41, 5.74) is 2.76. The number of hydrazine groups is 1. The van der Waals surface area contributed by atoms with E-state index in [1.807, 2.05) is 13.0 Å². The van der Waals surface area contributed by atoms with Crippen LogP contribution in [0.4, 0.5) is 0 Å². The van der Waals surface area contributed by atoms with Crippen molar-refractivity contribution in [3.63, 3.8) is 0 Å². The highest BCUT2D eigenvalue weighted by molar-refractivity contribution is 4.91. The molecule has 0 saturated heterocycles. The average Bonchev–Trinajstić information content (AvgIpc) is 2.28. The van der Waals surface area contributed by atoms with Gasteiger partial charge in [0.25, 0.3) is 0 Å². The van der Waals surface area contributed by atoms with Crippen LogP contribution in [0, 0.1) is 0 Å². The first-order chi connectivity index (χ1) is 7.20. The maximum atomic E-state index is 5.90. The quantitative estimate of drug-likeness (QED) is 0.352. The zero-order valence-corrected chi connectivity index (χ0v) is 10.4. The molecular formula is C12H26N2O. The Hall–Kier alpha value is -0.380. The first-order valence-electron chi connectivity index (χ1n) is 5.91. The third-order valence-electron chi connectivity index (χ3n) is 3.12. The fourth-order valence-corrected chi connectivity index (χ4v) is 2.12. The normalized spacial score (nSPS) is 13.9. The molecule has 90 valence electrons. The Kier molecular flexibility index (Phi) is 7.65. The van der Waals surface area contributed by atoms with Crippen LogP contribution < -0.4 is 11.3 Å². The van der Waals surface area contributed by atoms with E-state index in [-0.39, 0.29) is 11.6 Å². The first kappa shape index (κ1) is 14.6. The van der Waals surface area contributed by atoms with Crippen molar-refractivity contribution < 1.29 is 4.74 Å². The van der Waals surface area contributed by atoms with Crippen molar-refractivity contribution in [1.82, 2.24) is 5.43 Å². The van der Waals surface area contributed by atoms with Crippen molar-refractivity contribution >= 4 is 0 Å². The summed E-state index contributed by atoms with van der Waals surface area (Å²) >= 11 is 0. The second kappa shape index (κ2) is 7.85. The van der Waals surface area contributed by atoms with Crippen LogP contribution in [0.25, 0.3) is 0 Å². The summed E-state index contributed by atoms with van der Waals surface area (Å²) in [4.78, 5) is 0. The molecular weight excluding hydrogens is 188 g/mol. The highest BCUT2D eigenvalue weighted by Gasteiger charge is 2.35. The lowest BCUT2D eigenvalue weighted by atomic mass is 9.85. The molecule has 0 aliphatic carbocycles. The van der Waals surface area contributed by atoms with E-state index < -0.39 is 0 Å². The van der Waals surface area contributed by atoms with Crippen LogP contribution in [0.2, 0.25) is 0 Å². The summed E-state index contributed by atoms with van der Waals surface area (Å²) in [6.07, 6.45) is 5.81. The number of nitrogens with one attached hydrogen (secondary N) is 1. The largest absolute Gasteiger partial charge is 0.374 e. The zero-order chi connectivity index (χ0) is 11.7. The first-order valence-corrected chi connectivity index (χ1v) is 5.91. The van der Waals surface area contributed by atoms with Crippen LogP contribution in [0.1, 0.15) is 46.5 Å².